The Hall–Kier alpha value is 0.660. The van der Waals surface area contributed by atoms with Crippen molar-refractivity contribution >= 4 is 29.6 Å². The summed E-state index contributed by atoms with van der Waals surface area (Å²) in [5.74, 6) is 0. The molecule has 0 unspecified atom stereocenters. The summed E-state index contributed by atoms with van der Waals surface area (Å²) in [6, 6.07) is 0. The molecule has 0 aliphatic rings. The molecule has 2 N–H and O–H groups in total. The summed E-state index contributed by atoms with van der Waals surface area (Å²) in [5, 5.41) is 16.0. The molecular formula is C4H9NaO2. The Morgan fingerprint density at radius 3 is 1.43 bits per heavy atom. The van der Waals surface area contributed by atoms with Crippen LogP contribution in [0, 0.1) is 0 Å². The second-order valence-electron chi connectivity index (χ2n) is 0.837. The van der Waals surface area contributed by atoms with E-state index in [1.165, 1.54) is 12.2 Å². The summed E-state index contributed by atoms with van der Waals surface area (Å²) < 4.78 is 0. The molecular weight excluding hydrogens is 103 g/mol. The molecule has 0 rings (SSSR count). The van der Waals surface area contributed by atoms with E-state index in [4.69, 9.17) is 10.2 Å². The van der Waals surface area contributed by atoms with Gasteiger partial charge in [-0.2, -0.15) is 0 Å². The first-order chi connectivity index (χ1) is 2.91. The molecule has 0 fully saturated rings. The van der Waals surface area contributed by atoms with E-state index >= 15 is 0 Å². The van der Waals surface area contributed by atoms with Gasteiger partial charge in [-0.25, -0.2) is 0 Å². The molecule has 0 aliphatic carbocycles. The predicted octanol–water partition coefficient (Wildman–Crippen LogP) is -1.12. The number of aliphatic hydroxyl groups is 2. The second kappa shape index (κ2) is 9.83. The minimum atomic E-state index is 0. The summed E-state index contributed by atoms with van der Waals surface area (Å²) >= 11 is 0. The minimum absolute atomic E-state index is 0. The number of aliphatic hydroxyl groups excluding tert-OH is 2. The third-order valence-electron chi connectivity index (χ3n) is 0.377. The van der Waals surface area contributed by atoms with Gasteiger partial charge in [-0.3, -0.25) is 0 Å². The first kappa shape index (κ1) is 10.6. The van der Waals surface area contributed by atoms with E-state index in [1.807, 2.05) is 0 Å². The quantitative estimate of drug-likeness (QED) is 0.351. The Labute approximate surface area is 65.1 Å². The normalized spacial score (nSPS) is 8.86. The van der Waals surface area contributed by atoms with Crippen molar-refractivity contribution in [2.75, 3.05) is 13.2 Å². The molecule has 0 aliphatic heterocycles. The zero-order valence-corrected chi connectivity index (χ0v) is 3.46. The van der Waals surface area contributed by atoms with Crippen LogP contribution in [0.2, 0.25) is 0 Å². The molecule has 7 heavy (non-hydrogen) atoms. The van der Waals surface area contributed by atoms with Gasteiger partial charge in [-0.15, -0.1) is 0 Å². The molecule has 0 atom stereocenters. The van der Waals surface area contributed by atoms with Crippen molar-refractivity contribution in [1.82, 2.24) is 0 Å². The fourth-order valence-corrected chi connectivity index (χ4v) is 0.149. The molecule has 0 aromatic heterocycles. The average molecular weight is 112 g/mol. The van der Waals surface area contributed by atoms with Crippen molar-refractivity contribution in [2.24, 2.45) is 0 Å². The summed E-state index contributed by atoms with van der Waals surface area (Å²) in [7, 11) is 0. The SMILES string of the molecule is OC/C=C/CO.[NaH]. The van der Waals surface area contributed by atoms with E-state index in [1.54, 1.807) is 0 Å². The maximum atomic E-state index is 8.00. The predicted molar refractivity (Wildman–Crippen MR) is 30.5 cm³/mol. The summed E-state index contributed by atoms with van der Waals surface area (Å²) in [5.41, 5.74) is 0. The average Bonchev–Trinajstić information content (AvgIpc) is 1.61. The van der Waals surface area contributed by atoms with Gasteiger partial charge in [-0.05, 0) is 0 Å². The van der Waals surface area contributed by atoms with Crippen molar-refractivity contribution in [3.05, 3.63) is 12.2 Å². The molecule has 0 saturated carbocycles. The van der Waals surface area contributed by atoms with Crippen LogP contribution in [0.15, 0.2) is 12.2 Å². The molecule has 0 saturated heterocycles. The van der Waals surface area contributed by atoms with E-state index in [0.717, 1.165) is 0 Å². The third-order valence-corrected chi connectivity index (χ3v) is 0.377. The summed E-state index contributed by atoms with van der Waals surface area (Å²) in [6.07, 6.45) is 2.97. The van der Waals surface area contributed by atoms with Crippen LogP contribution in [0.5, 0.6) is 0 Å². The van der Waals surface area contributed by atoms with Crippen LogP contribution < -0.4 is 0 Å². The van der Waals surface area contributed by atoms with Crippen LogP contribution in [0.1, 0.15) is 0 Å². The monoisotopic (exact) mass is 112 g/mol. The van der Waals surface area contributed by atoms with Gasteiger partial charge in [0.1, 0.15) is 0 Å². The molecule has 0 aromatic carbocycles. The summed E-state index contributed by atoms with van der Waals surface area (Å²) in [6.45, 7) is 0.0289. The Morgan fingerprint density at radius 2 is 1.29 bits per heavy atom. The van der Waals surface area contributed by atoms with Crippen LogP contribution in [-0.2, 0) is 0 Å². The van der Waals surface area contributed by atoms with Gasteiger partial charge in [0.2, 0.25) is 0 Å². The molecule has 38 valence electrons. The maximum absolute atomic E-state index is 8.00. The van der Waals surface area contributed by atoms with Crippen molar-refractivity contribution in [3.63, 3.8) is 0 Å². The van der Waals surface area contributed by atoms with Gasteiger partial charge in [-0.1, -0.05) is 12.2 Å². The van der Waals surface area contributed by atoms with Crippen molar-refractivity contribution in [1.29, 1.82) is 0 Å². The first-order valence-electron chi connectivity index (χ1n) is 1.78. The third kappa shape index (κ3) is 10.8. The number of hydrogen-bond donors (Lipinski definition) is 2. The number of hydrogen-bond acceptors (Lipinski definition) is 2. The standard InChI is InChI=1S/C4H8O2.Na.H/c5-3-1-2-4-6;;/h1-2,5-6H,3-4H2;;/b2-1+;;. The van der Waals surface area contributed by atoms with Crippen LogP contribution in [0.25, 0.3) is 0 Å². The topological polar surface area (TPSA) is 40.5 Å². The van der Waals surface area contributed by atoms with Crippen molar-refractivity contribution in [2.45, 2.75) is 0 Å². The van der Waals surface area contributed by atoms with Gasteiger partial charge < -0.3 is 10.2 Å². The molecule has 0 bridgehead atoms. The first-order valence-corrected chi connectivity index (χ1v) is 1.78. The molecule has 2 nitrogen and oxygen atoms in total. The van der Waals surface area contributed by atoms with Crippen LogP contribution in [0.3, 0.4) is 0 Å². The van der Waals surface area contributed by atoms with E-state index in [9.17, 15) is 0 Å². The van der Waals surface area contributed by atoms with Crippen molar-refractivity contribution < 1.29 is 10.2 Å². The van der Waals surface area contributed by atoms with E-state index in [2.05, 4.69) is 0 Å². The molecule has 0 heterocycles. The van der Waals surface area contributed by atoms with Crippen LogP contribution >= 0.6 is 0 Å². The van der Waals surface area contributed by atoms with Gasteiger partial charge in [0.15, 0.2) is 0 Å². The number of rotatable bonds is 2. The summed E-state index contributed by atoms with van der Waals surface area (Å²) in [4.78, 5) is 0. The van der Waals surface area contributed by atoms with E-state index < -0.39 is 0 Å². The second-order valence-corrected chi connectivity index (χ2v) is 0.837. The fourth-order valence-electron chi connectivity index (χ4n) is 0.149. The van der Waals surface area contributed by atoms with Gasteiger partial charge in [0.05, 0.1) is 13.2 Å². The fraction of sp³-hybridized carbons (Fsp3) is 0.500. The van der Waals surface area contributed by atoms with Crippen LogP contribution in [-0.4, -0.2) is 53.0 Å². The Balaban J connectivity index is 0. The molecule has 0 spiro atoms. The van der Waals surface area contributed by atoms with E-state index in [-0.39, 0.29) is 42.8 Å². The molecule has 0 amide bonds. The Morgan fingerprint density at radius 1 is 1.00 bits per heavy atom. The van der Waals surface area contributed by atoms with E-state index in [0.29, 0.717) is 0 Å². The Bertz CT molecular complexity index is 39.0. The zero-order valence-electron chi connectivity index (χ0n) is 3.46. The molecule has 0 radical (unpaired) electrons. The van der Waals surface area contributed by atoms with Gasteiger partial charge >= 0.3 is 29.6 Å². The van der Waals surface area contributed by atoms with Crippen LogP contribution in [0.4, 0.5) is 0 Å². The Kier molecular flexibility index (Phi) is 14.9. The molecule has 3 heteroatoms. The van der Waals surface area contributed by atoms with Gasteiger partial charge in [0, 0.05) is 0 Å². The van der Waals surface area contributed by atoms with Gasteiger partial charge in [0.25, 0.3) is 0 Å². The molecule has 0 aromatic rings. The van der Waals surface area contributed by atoms with Crippen molar-refractivity contribution in [3.8, 4) is 0 Å². The zero-order chi connectivity index (χ0) is 4.83.